The van der Waals surface area contributed by atoms with Gasteiger partial charge in [-0.1, -0.05) is 107 Å². The Hall–Kier alpha value is -4.55. The van der Waals surface area contributed by atoms with E-state index >= 15 is 0 Å². The molecule has 1 saturated carbocycles. The number of fused-ring (bicyclic) bond motifs is 2. The lowest BCUT2D eigenvalue weighted by atomic mass is 9.94. The van der Waals surface area contributed by atoms with Crippen LogP contribution in [0.25, 0.3) is 0 Å². The summed E-state index contributed by atoms with van der Waals surface area (Å²) in [5.74, 6) is 13.5. The highest BCUT2D eigenvalue weighted by Crippen LogP contribution is 2.43. The summed E-state index contributed by atoms with van der Waals surface area (Å²) in [6.07, 6.45) is 21.3. The van der Waals surface area contributed by atoms with E-state index < -0.39 is 11.6 Å². The van der Waals surface area contributed by atoms with Gasteiger partial charge in [-0.05, 0) is 117 Å². The zero-order valence-corrected chi connectivity index (χ0v) is 32.9. The Morgan fingerprint density at radius 2 is 1.16 bits per heavy atom. The summed E-state index contributed by atoms with van der Waals surface area (Å²) in [6.45, 7) is 5.67. The van der Waals surface area contributed by atoms with E-state index in [-0.39, 0.29) is 23.4 Å². The van der Waals surface area contributed by atoms with Crippen molar-refractivity contribution in [3.05, 3.63) is 106 Å². The molecule has 0 N–H and O–H groups in total. The zero-order chi connectivity index (χ0) is 38.7. The number of unbranched alkanes of at least 4 members (excludes halogenated alkanes) is 10. The molecule has 6 heteroatoms. The van der Waals surface area contributed by atoms with Crippen molar-refractivity contribution < 1.29 is 27.8 Å². The molecule has 2 bridgehead atoms. The van der Waals surface area contributed by atoms with Crippen LogP contribution in [0.4, 0.5) is 8.78 Å². The number of hydrogen-bond donors (Lipinski definition) is 0. The predicted octanol–water partition coefficient (Wildman–Crippen LogP) is 11.9. The summed E-state index contributed by atoms with van der Waals surface area (Å²) in [5, 5.41) is 0. The summed E-state index contributed by atoms with van der Waals surface area (Å²) < 4.78 is 46.0. The maximum Gasteiger partial charge on any atom is 0.309 e. The van der Waals surface area contributed by atoms with E-state index in [9.17, 15) is 13.6 Å². The molecule has 55 heavy (non-hydrogen) atoms. The number of rotatable bonds is 21. The summed E-state index contributed by atoms with van der Waals surface area (Å²) >= 11 is 0. The molecular formula is C49H58F2O4. The molecule has 0 aliphatic heterocycles. The van der Waals surface area contributed by atoms with Gasteiger partial charge in [0.05, 0.1) is 25.7 Å². The van der Waals surface area contributed by atoms with Gasteiger partial charge < -0.3 is 14.2 Å². The molecular weight excluding hydrogens is 691 g/mol. The van der Waals surface area contributed by atoms with Gasteiger partial charge in [0.25, 0.3) is 0 Å². The number of carbonyl (C=O) groups excluding carboxylic acids is 1. The molecule has 292 valence electrons. The maximum absolute atomic E-state index is 14.7. The fourth-order valence-electron chi connectivity index (χ4n) is 7.31. The number of esters is 1. The minimum absolute atomic E-state index is 0.00984. The molecule has 1 fully saturated rings. The molecule has 3 unspecified atom stereocenters. The number of carbonyl (C=O) groups is 1. The van der Waals surface area contributed by atoms with Crippen LogP contribution >= 0.6 is 0 Å². The topological polar surface area (TPSA) is 44.8 Å². The molecule has 2 aliphatic carbocycles. The Kier molecular flexibility index (Phi) is 17.2. The van der Waals surface area contributed by atoms with Gasteiger partial charge in [-0.25, -0.2) is 8.78 Å². The summed E-state index contributed by atoms with van der Waals surface area (Å²) in [4.78, 5) is 12.4. The highest BCUT2D eigenvalue weighted by atomic mass is 19.1. The van der Waals surface area contributed by atoms with Crippen molar-refractivity contribution in [1.29, 1.82) is 0 Å². The van der Waals surface area contributed by atoms with Gasteiger partial charge in [0.15, 0.2) is 23.1 Å². The van der Waals surface area contributed by atoms with Crippen LogP contribution in [0, 0.1) is 53.1 Å². The lowest BCUT2D eigenvalue weighted by Gasteiger charge is -2.16. The minimum atomic E-state index is -0.410. The monoisotopic (exact) mass is 748 g/mol. The van der Waals surface area contributed by atoms with E-state index in [1.54, 1.807) is 24.3 Å². The Morgan fingerprint density at radius 1 is 0.618 bits per heavy atom. The van der Waals surface area contributed by atoms with E-state index in [0.717, 1.165) is 87.3 Å². The van der Waals surface area contributed by atoms with Crippen molar-refractivity contribution in [3.63, 3.8) is 0 Å². The normalized spacial score (nSPS) is 16.6. The van der Waals surface area contributed by atoms with Gasteiger partial charge in [-0.15, -0.1) is 0 Å². The van der Waals surface area contributed by atoms with Crippen LogP contribution < -0.4 is 9.47 Å². The van der Waals surface area contributed by atoms with Crippen LogP contribution in [-0.4, -0.2) is 25.8 Å². The fraction of sp³-hybridized carbons (Fsp3) is 0.490. The van der Waals surface area contributed by atoms with Crippen LogP contribution in [0.5, 0.6) is 11.5 Å². The van der Waals surface area contributed by atoms with E-state index in [1.807, 2.05) is 12.1 Å². The van der Waals surface area contributed by atoms with Crippen LogP contribution in [0.2, 0.25) is 0 Å². The Balaban J connectivity index is 1.10. The SMILES string of the molecule is CCCCOc1ccc(C#Cc2ccc(C#Cc3ccc(OCCCC)c(F)c3)c(CCCCCCCCCCCOC(=O)C3CC4C=CC3C4)c2)cc1F. The quantitative estimate of drug-likeness (QED) is 0.0471. The average Bonchev–Trinajstić information content (AvgIpc) is 3.83. The molecule has 3 aromatic carbocycles. The third-order valence-corrected chi connectivity index (χ3v) is 10.6. The third-order valence-electron chi connectivity index (χ3n) is 10.6. The second kappa shape index (κ2) is 22.7. The molecule has 4 nitrogen and oxygen atoms in total. The number of aryl methyl sites for hydroxylation is 1. The van der Waals surface area contributed by atoms with E-state index in [2.05, 4.69) is 55.7 Å². The van der Waals surface area contributed by atoms with E-state index in [0.29, 0.717) is 42.8 Å². The lowest BCUT2D eigenvalue weighted by molar-refractivity contribution is -0.149. The van der Waals surface area contributed by atoms with Gasteiger partial charge in [0.1, 0.15) is 0 Å². The maximum atomic E-state index is 14.7. The zero-order valence-electron chi connectivity index (χ0n) is 32.9. The van der Waals surface area contributed by atoms with Gasteiger partial charge in [-0.2, -0.15) is 0 Å². The number of benzene rings is 3. The first kappa shape index (κ1) is 41.6. The second-order valence-corrected chi connectivity index (χ2v) is 15.1. The smallest absolute Gasteiger partial charge is 0.309 e. The predicted molar refractivity (Wildman–Crippen MR) is 217 cm³/mol. The Morgan fingerprint density at radius 3 is 1.71 bits per heavy atom. The highest BCUT2D eigenvalue weighted by Gasteiger charge is 2.40. The minimum Gasteiger partial charge on any atom is -0.491 e. The number of ether oxygens (including phenoxy) is 3. The van der Waals surface area contributed by atoms with Crippen molar-refractivity contribution in [1.82, 2.24) is 0 Å². The Labute approximate surface area is 328 Å². The standard InChI is InChI=1S/C49H58F2O4/c1-3-5-29-53-47-27-22-38(35-45(47)50)18-17-37-19-24-41(25-20-39-23-28-48(46(51)36-39)54-30-6-4-2)42(32-37)16-14-12-10-8-7-9-11-13-15-31-55-49(52)44-34-40-21-26-43(44)33-40/h19,21-24,26-28,32,35-36,40,43-44H,3-16,29-31,33-34H2,1-2H3. The van der Waals surface area contributed by atoms with Crippen molar-refractivity contribution in [2.75, 3.05) is 19.8 Å². The van der Waals surface area contributed by atoms with Crippen LogP contribution in [-0.2, 0) is 16.0 Å². The van der Waals surface area contributed by atoms with Gasteiger partial charge in [0, 0.05) is 22.3 Å². The molecule has 3 atom stereocenters. The largest absolute Gasteiger partial charge is 0.491 e. The molecule has 0 amide bonds. The summed E-state index contributed by atoms with van der Waals surface area (Å²) in [5.41, 5.74) is 4.01. The molecule has 0 spiro atoms. The van der Waals surface area contributed by atoms with Gasteiger partial charge in [-0.3, -0.25) is 4.79 Å². The van der Waals surface area contributed by atoms with E-state index in [1.165, 1.54) is 44.2 Å². The van der Waals surface area contributed by atoms with Crippen molar-refractivity contribution in [2.24, 2.45) is 17.8 Å². The summed E-state index contributed by atoms with van der Waals surface area (Å²) in [7, 11) is 0. The molecule has 3 aromatic rings. The van der Waals surface area contributed by atoms with Crippen molar-refractivity contribution >= 4 is 5.97 Å². The average molecular weight is 749 g/mol. The highest BCUT2D eigenvalue weighted by molar-refractivity contribution is 5.74. The first-order valence-corrected chi connectivity index (χ1v) is 20.8. The molecule has 0 aromatic heterocycles. The van der Waals surface area contributed by atoms with Crippen molar-refractivity contribution in [2.45, 2.75) is 117 Å². The molecule has 0 heterocycles. The van der Waals surface area contributed by atoms with Crippen LogP contribution in [0.3, 0.4) is 0 Å². The fourth-order valence-corrected chi connectivity index (χ4v) is 7.31. The molecule has 2 aliphatic rings. The Bertz CT molecular complexity index is 1840. The third kappa shape index (κ3) is 13.6. The van der Waals surface area contributed by atoms with Crippen LogP contribution in [0.15, 0.2) is 66.7 Å². The first-order chi connectivity index (χ1) is 26.9. The lowest BCUT2D eigenvalue weighted by Crippen LogP contribution is -2.21. The van der Waals surface area contributed by atoms with Gasteiger partial charge >= 0.3 is 5.97 Å². The number of allylic oxidation sites excluding steroid dienone is 2. The molecule has 0 saturated heterocycles. The van der Waals surface area contributed by atoms with Crippen molar-refractivity contribution in [3.8, 4) is 35.2 Å². The second-order valence-electron chi connectivity index (χ2n) is 15.1. The molecule has 5 rings (SSSR count). The van der Waals surface area contributed by atoms with E-state index in [4.69, 9.17) is 14.2 Å². The first-order valence-electron chi connectivity index (χ1n) is 20.8. The number of hydrogen-bond acceptors (Lipinski definition) is 4. The van der Waals surface area contributed by atoms with Gasteiger partial charge in [0.2, 0.25) is 0 Å². The van der Waals surface area contributed by atoms with Crippen LogP contribution in [0.1, 0.15) is 138 Å². The number of halogens is 2. The molecule has 0 radical (unpaired) electrons. The summed E-state index contributed by atoms with van der Waals surface area (Å²) in [6, 6.07) is 15.7.